The van der Waals surface area contributed by atoms with E-state index in [-0.39, 0.29) is 5.91 Å². The summed E-state index contributed by atoms with van der Waals surface area (Å²) in [5.41, 5.74) is 0. The van der Waals surface area contributed by atoms with E-state index in [4.69, 9.17) is 4.74 Å². The van der Waals surface area contributed by atoms with Crippen LogP contribution in [0.2, 0.25) is 0 Å². The normalized spacial score (nSPS) is 36.6. The lowest BCUT2D eigenvalue weighted by Gasteiger charge is -2.31. The molecule has 0 aromatic rings. The highest BCUT2D eigenvalue weighted by Gasteiger charge is 2.24. The molecule has 2 heterocycles. The fourth-order valence-electron chi connectivity index (χ4n) is 2.60. The minimum absolute atomic E-state index is 0.190. The topological polar surface area (TPSA) is 50.4 Å². The van der Waals surface area contributed by atoms with Gasteiger partial charge in [0, 0.05) is 31.7 Å². The maximum Gasteiger partial charge on any atom is 0.221 e. The summed E-state index contributed by atoms with van der Waals surface area (Å²) in [5.74, 6) is 0.190. The highest BCUT2D eigenvalue weighted by molar-refractivity contribution is 5.76. The summed E-state index contributed by atoms with van der Waals surface area (Å²) in [6, 6.07) is 0.887. The van der Waals surface area contributed by atoms with Gasteiger partial charge in [0.2, 0.25) is 5.91 Å². The number of hydrogen-bond donors (Lipinski definition) is 2. The average molecular weight is 226 g/mol. The highest BCUT2D eigenvalue weighted by atomic mass is 16.5. The maximum atomic E-state index is 11.4. The Kier molecular flexibility index (Phi) is 4.18. The number of hydrogen-bond acceptors (Lipinski definition) is 3. The molecule has 0 radical (unpaired) electrons. The molecule has 2 fully saturated rings. The lowest BCUT2D eigenvalue weighted by atomic mass is 10.0. The van der Waals surface area contributed by atoms with Crippen molar-refractivity contribution in [3.63, 3.8) is 0 Å². The highest BCUT2D eigenvalue weighted by Crippen LogP contribution is 2.16. The molecule has 4 heteroatoms. The van der Waals surface area contributed by atoms with Crippen LogP contribution in [0.1, 0.15) is 39.0 Å². The molecule has 4 nitrogen and oxygen atoms in total. The molecule has 0 bridgehead atoms. The minimum atomic E-state index is 0.190. The van der Waals surface area contributed by atoms with Gasteiger partial charge in [0.1, 0.15) is 0 Å². The van der Waals surface area contributed by atoms with Crippen LogP contribution in [-0.2, 0) is 9.53 Å². The Hall–Kier alpha value is -0.610. The molecule has 2 rings (SSSR count). The van der Waals surface area contributed by atoms with Crippen LogP contribution in [-0.4, -0.2) is 37.2 Å². The van der Waals surface area contributed by atoms with Crippen LogP contribution in [0.4, 0.5) is 0 Å². The van der Waals surface area contributed by atoms with Gasteiger partial charge in [-0.25, -0.2) is 0 Å². The van der Waals surface area contributed by atoms with Crippen LogP contribution in [0.5, 0.6) is 0 Å². The van der Waals surface area contributed by atoms with Crippen molar-refractivity contribution < 1.29 is 9.53 Å². The Morgan fingerprint density at radius 3 is 3.06 bits per heavy atom. The molecule has 0 aromatic carbocycles. The van der Waals surface area contributed by atoms with E-state index in [1.54, 1.807) is 0 Å². The van der Waals surface area contributed by atoms with E-state index in [0.717, 1.165) is 38.8 Å². The van der Waals surface area contributed by atoms with Crippen molar-refractivity contribution in [2.45, 2.75) is 57.2 Å². The van der Waals surface area contributed by atoms with Crippen LogP contribution in [0.25, 0.3) is 0 Å². The molecular weight excluding hydrogens is 204 g/mol. The van der Waals surface area contributed by atoms with E-state index in [2.05, 4.69) is 17.6 Å². The van der Waals surface area contributed by atoms with Gasteiger partial charge in [0.05, 0.1) is 6.10 Å². The van der Waals surface area contributed by atoms with E-state index in [9.17, 15) is 4.79 Å². The number of ether oxygens (including phenoxy) is 1. The van der Waals surface area contributed by atoms with Gasteiger partial charge < -0.3 is 15.4 Å². The molecule has 2 N–H and O–H groups in total. The third-order valence-electron chi connectivity index (χ3n) is 3.44. The van der Waals surface area contributed by atoms with Gasteiger partial charge in [0.25, 0.3) is 0 Å². The third-order valence-corrected chi connectivity index (χ3v) is 3.44. The Morgan fingerprint density at radius 2 is 2.25 bits per heavy atom. The zero-order valence-corrected chi connectivity index (χ0v) is 10.00. The third kappa shape index (κ3) is 3.46. The first-order valence-corrected chi connectivity index (χ1v) is 6.38. The first-order valence-electron chi connectivity index (χ1n) is 6.38. The van der Waals surface area contributed by atoms with Crippen LogP contribution in [0.15, 0.2) is 0 Å². The van der Waals surface area contributed by atoms with Gasteiger partial charge in [-0.3, -0.25) is 4.79 Å². The van der Waals surface area contributed by atoms with Crippen molar-refractivity contribution in [2.24, 2.45) is 0 Å². The number of carbonyl (C=O) groups excluding carboxylic acids is 1. The van der Waals surface area contributed by atoms with Crippen molar-refractivity contribution in [2.75, 3.05) is 13.2 Å². The largest absolute Gasteiger partial charge is 0.378 e. The monoisotopic (exact) mass is 226 g/mol. The Morgan fingerprint density at radius 1 is 1.38 bits per heavy atom. The predicted octanol–water partition coefficient (Wildman–Crippen LogP) is 0.812. The lowest BCUT2D eigenvalue weighted by molar-refractivity contribution is -0.121. The molecule has 0 spiro atoms. The maximum absolute atomic E-state index is 11.4. The van der Waals surface area contributed by atoms with Crippen molar-refractivity contribution in [3.05, 3.63) is 0 Å². The molecule has 1 amide bonds. The number of amides is 1. The van der Waals surface area contributed by atoms with Crippen LogP contribution in [0, 0.1) is 0 Å². The smallest absolute Gasteiger partial charge is 0.221 e. The molecule has 2 saturated heterocycles. The Balaban J connectivity index is 1.80. The fraction of sp³-hybridized carbons (Fsp3) is 0.917. The average Bonchev–Trinajstić information content (AvgIpc) is 2.43. The molecule has 0 aromatic heterocycles. The molecule has 0 aliphatic carbocycles. The zero-order chi connectivity index (χ0) is 11.4. The number of carbonyl (C=O) groups is 1. The van der Waals surface area contributed by atoms with Gasteiger partial charge in [-0.15, -0.1) is 0 Å². The van der Waals surface area contributed by atoms with Crippen molar-refractivity contribution >= 4 is 5.91 Å². The number of nitrogens with one attached hydrogen (secondary N) is 2. The standard InChI is InChI=1S/C12H22N2O2/c1-9-7-11(4-6-16-9)14-10-3-2-5-13-12(15)8-10/h9-11,14H,2-8H2,1H3,(H,13,15). The van der Waals surface area contributed by atoms with E-state index in [1.807, 2.05) is 0 Å². The second kappa shape index (κ2) is 5.64. The summed E-state index contributed by atoms with van der Waals surface area (Å²) >= 11 is 0. The van der Waals surface area contributed by atoms with Crippen molar-refractivity contribution in [1.82, 2.24) is 10.6 Å². The predicted molar refractivity (Wildman–Crippen MR) is 62.2 cm³/mol. The Bertz CT molecular complexity index is 245. The summed E-state index contributed by atoms with van der Waals surface area (Å²) in [6.07, 6.45) is 5.31. The van der Waals surface area contributed by atoms with Gasteiger partial charge in [-0.05, 0) is 32.6 Å². The molecule has 16 heavy (non-hydrogen) atoms. The van der Waals surface area contributed by atoms with Gasteiger partial charge in [-0.1, -0.05) is 0 Å². The first kappa shape index (κ1) is 11.9. The van der Waals surface area contributed by atoms with E-state index >= 15 is 0 Å². The summed E-state index contributed by atoms with van der Waals surface area (Å²) in [5, 5.41) is 6.53. The SMILES string of the molecule is CC1CC(NC2CCCNC(=O)C2)CCO1. The van der Waals surface area contributed by atoms with E-state index < -0.39 is 0 Å². The molecular formula is C12H22N2O2. The summed E-state index contributed by atoms with van der Waals surface area (Å²) < 4.78 is 5.52. The van der Waals surface area contributed by atoms with E-state index in [0.29, 0.717) is 24.6 Å². The van der Waals surface area contributed by atoms with Crippen molar-refractivity contribution in [1.29, 1.82) is 0 Å². The van der Waals surface area contributed by atoms with Crippen LogP contribution < -0.4 is 10.6 Å². The van der Waals surface area contributed by atoms with E-state index in [1.165, 1.54) is 0 Å². The fourth-order valence-corrected chi connectivity index (χ4v) is 2.60. The molecule has 3 unspecified atom stereocenters. The molecule has 3 atom stereocenters. The van der Waals surface area contributed by atoms with Gasteiger partial charge in [0.15, 0.2) is 0 Å². The molecule has 2 aliphatic heterocycles. The van der Waals surface area contributed by atoms with Gasteiger partial charge >= 0.3 is 0 Å². The van der Waals surface area contributed by atoms with Crippen molar-refractivity contribution in [3.8, 4) is 0 Å². The molecule has 92 valence electrons. The minimum Gasteiger partial charge on any atom is -0.378 e. The number of rotatable bonds is 2. The van der Waals surface area contributed by atoms with Crippen LogP contribution >= 0.6 is 0 Å². The zero-order valence-electron chi connectivity index (χ0n) is 10.00. The second-order valence-electron chi connectivity index (χ2n) is 4.96. The quantitative estimate of drug-likeness (QED) is 0.732. The lowest BCUT2D eigenvalue weighted by Crippen LogP contribution is -2.44. The Labute approximate surface area is 97.1 Å². The summed E-state index contributed by atoms with van der Waals surface area (Å²) in [7, 11) is 0. The summed E-state index contributed by atoms with van der Waals surface area (Å²) in [6.45, 7) is 3.80. The summed E-state index contributed by atoms with van der Waals surface area (Å²) in [4.78, 5) is 11.4. The van der Waals surface area contributed by atoms with Gasteiger partial charge in [-0.2, -0.15) is 0 Å². The first-order chi connectivity index (χ1) is 7.74. The molecule has 0 saturated carbocycles. The molecule has 2 aliphatic rings. The van der Waals surface area contributed by atoms with Crippen LogP contribution in [0.3, 0.4) is 0 Å². The second-order valence-corrected chi connectivity index (χ2v) is 4.96.